The number of hydrogen-bond donors (Lipinski definition) is 1. The number of carbonyl (C=O) groups excluding carboxylic acids is 2. The summed E-state index contributed by atoms with van der Waals surface area (Å²) in [6.45, 7) is 5.50. The molecule has 9 nitrogen and oxygen atoms in total. The summed E-state index contributed by atoms with van der Waals surface area (Å²) < 4.78 is 37.5. The zero-order valence-corrected chi connectivity index (χ0v) is 19.2. The van der Waals surface area contributed by atoms with Crippen LogP contribution in [0.2, 0.25) is 0 Å². The number of hydrogen-bond acceptors (Lipinski definition) is 6. The number of primary amides is 1. The Bertz CT molecular complexity index is 1070. The molecule has 1 fully saturated rings. The van der Waals surface area contributed by atoms with Crippen molar-refractivity contribution in [3.8, 4) is 5.75 Å². The SMILES string of the molecule is Cc1ccc(C)c(OCCCCC(=O)N2CCN(S(=O)(=O)c3ccc(C(N)=O)o3)CC2)c1. The van der Waals surface area contributed by atoms with Crippen LogP contribution < -0.4 is 10.5 Å². The van der Waals surface area contributed by atoms with E-state index in [2.05, 4.69) is 0 Å². The van der Waals surface area contributed by atoms with Gasteiger partial charge in [0.15, 0.2) is 5.76 Å². The highest BCUT2D eigenvalue weighted by Crippen LogP contribution is 2.21. The summed E-state index contributed by atoms with van der Waals surface area (Å²) in [4.78, 5) is 25.3. The summed E-state index contributed by atoms with van der Waals surface area (Å²) in [5, 5.41) is -0.324. The quantitative estimate of drug-likeness (QED) is 0.568. The van der Waals surface area contributed by atoms with Crippen molar-refractivity contribution < 1.29 is 27.2 Å². The molecule has 2 aromatic rings. The third kappa shape index (κ3) is 5.68. The van der Waals surface area contributed by atoms with Gasteiger partial charge in [0.2, 0.25) is 11.0 Å². The van der Waals surface area contributed by atoms with Crippen LogP contribution in [0.4, 0.5) is 0 Å². The lowest BCUT2D eigenvalue weighted by Gasteiger charge is -2.33. The second kappa shape index (κ2) is 10.2. The molecule has 0 saturated carbocycles. The largest absolute Gasteiger partial charge is 0.493 e. The molecule has 0 unspecified atom stereocenters. The average Bonchev–Trinajstić information content (AvgIpc) is 3.27. The van der Waals surface area contributed by atoms with Crippen molar-refractivity contribution in [2.75, 3.05) is 32.8 Å². The minimum Gasteiger partial charge on any atom is -0.493 e. The summed E-state index contributed by atoms with van der Waals surface area (Å²) in [6, 6.07) is 8.52. The Balaban J connectivity index is 1.41. The van der Waals surface area contributed by atoms with Crippen LogP contribution in [-0.4, -0.2) is 62.2 Å². The van der Waals surface area contributed by atoms with Crippen molar-refractivity contribution in [3.63, 3.8) is 0 Å². The van der Waals surface area contributed by atoms with E-state index in [1.54, 1.807) is 4.90 Å². The minimum absolute atomic E-state index is 0.00259. The third-order valence-corrected chi connectivity index (χ3v) is 7.17. The van der Waals surface area contributed by atoms with Crippen LogP contribution in [0.25, 0.3) is 0 Å². The van der Waals surface area contributed by atoms with Crippen molar-refractivity contribution in [3.05, 3.63) is 47.2 Å². The van der Waals surface area contributed by atoms with E-state index in [1.807, 2.05) is 32.0 Å². The number of amides is 2. The molecule has 2 heterocycles. The van der Waals surface area contributed by atoms with Crippen molar-refractivity contribution in [2.24, 2.45) is 5.73 Å². The Hall–Kier alpha value is -2.85. The van der Waals surface area contributed by atoms with Crippen LogP contribution in [0, 0.1) is 13.8 Å². The molecular weight excluding hydrogens is 434 g/mol. The maximum Gasteiger partial charge on any atom is 0.284 e. The maximum absolute atomic E-state index is 12.7. The summed E-state index contributed by atoms with van der Waals surface area (Å²) in [6.07, 6.45) is 1.85. The van der Waals surface area contributed by atoms with E-state index in [0.29, 0.717) is 32.5 Å². The van der Waals surface area contributed by atoms with E-state index < -0.39 is 15.9 Å². The zero-order chi connectivity index (χ0) is 23.3. The van der Waals surface area contributed by atoms with Gasteiger partial charge in [-0.25, -0.2) is 8.42 Å². The Labute approximate surface area is 188 Å². The first-order chi connectivity index (χ1) is 15.2. The smallest absolute Gasteiger partial charge is 0.284 e. The first-order valence-electron chi connectivity index (χ1n) is 10.6. The third-order valence-electron chi connectivity index (χ3n) is 5.40. The van der Waals surface area contributed by atoms with Gasteiger partial charge in [0.05, 0.1) is 6.61 Å². The second-order valence-corrected chi connectivity index (χ2v) is 9.71. The number of sulfonamides is 1. The van der Waals surface area contributed by atoms with Gasteiger partial charge in [-0.3, -0.25) is 9.59 Å². The van der Waals surface area contributed by atoms with Crippen LogP contribution in [0.15, 0.2) is 39.8 Å². The number of aryl methyl sites for hydroxylation is 2. The number of nitrogens with zero attached hydrogens (tertiary/aromatic N) is 2. The van der Waals surface area contributed by atoms with Gasteiger partial charge in [-0.2, -0.15) is 4.31 Å². The standard InChI is InChI=1S/C22H29N3O6S/c1-16-6-7-17(2)19(15-16)30-14-4-3-5-20(26)24-10-12-25(13-11-24)32(28,29)21-9-8-18(31-21)22(23)27/h6-9,15H,3-5,10-14H2,1-2H3,(H2,23,27). The molecule has 0 bridgehead atoms. The first-order valence-corrected chi connectivity index (χ1v) is 12.0. The minimum atomic E-state index is -3.88. The highest BCUT2D eigenvalue weighted by molar-refractivity contribution is 7.89. The summed E-state index contributed by atoms with van der Waals surface area (Å²) in [5.74, 6) is -0.170. The van der Waals surface area contributed by atoms with Crippen LogP contribution in [-0.2, 0) is 14.8 Å². The average molecular weight is 464 g/mol. The molecule has 1 aliphatic heterocycles. The zero-order valence-electron chi connectivity index (χ0n) is 18.4. The molecule has 2 N–H and O–H groups in total. The lowest BCUT2D eigenvalue weighted by atomic mass is 10.1. The van der Waals surface area contributed by atoms with Crippen LogP contribution in [0.3, 0.4) is 0 Å². The molecule has 1 aliphatic rings. The number of carbonyl (C=O) groups is 2. The van der Waals surface area contributed by atoms with E-state index in [1.165, 1.54) is 16.4 Å². The molecule has 0 aliphatic carbocycles. The summed E-state index contributed by atoms with van der Waals surface area (Å²) in [7, 11) is -3.88. The lowest BCUT2D eigenvalue weighted by molar-refractivity contribution is -0.132. The molecule has 0 spiro atoms. The fourth-order valence-corrected chi connectivity index (χ4v) is 4.81. The number of unbranched alkanes of at least 4 members (excludes halogenated alkanes) is 1. The lowest BCUT2D eigenvalue weighted by Crippen LogP contribution is -2.50. The number of furan rings is 1. The first kappa shape index (κ1) is 23.8. The van der Waals surface area contributed by atoms with Gasteiger partial charge in [-0.1, -0.05) is 12.1 Å². The van der Waals surface area contributed by atoms with Gasteiger partial charge in [0.1, 0.15) is 5.75 Å². The molecule has 2 amide bonds. The molecule has 10 heteroatoms. The van der Waals surface area contributed by atoms with Gasteiger partial charge in [0.25, 0.3) is 15.9 Å². The Kier molecular flexibility index (Phi) is 7.57. The normalized spacial score (nSPS) is 15.0. The predicted octanol–water partition coefficient (Wildman–Crippen LogP) is 2.08. The Morgan fingerprint density at radius 2 is 1.78 bits per heavy atom. The predicted molar refractivity (Wildman–Crippen MR) is 118 cm³/mol. The molecule has 32 heavy (non-hydrogen) atoms. The van der Waals surface area contributed by atoms with Crippen molar-refractivity contribution >= 4 is 21.8 Å². The number of benzene rings is 1. The highest BCUT2D eigenvalue weighted by Gasteiger charge is 2.32. The van der Waals surface area contributed by atoms with Gasteiger partial charge in [0, 0.05) is 32.6 Å². The number of nitrogens with two attached hydrogens (primary N) is 1. The highest BCUT2D eigenvalue weighted by atomic mass is 32.2. The van der Waals surface area contributed by atoms with Gasteiger partial charge in [-0.05, 0) is 56.0 Å². The number of piperazine rings is 1. The summed E-state index contributed by atoms with van der Waals surface area (Å²) in [5.41, 5.74) is 7.33. The fourth-order valence-electron chi connectivity index (χ4n) is 3.48. The maximum atomic E-state index is 12.7. The van der Waals surface area contributed by atoms with Gasteiger partial charge < -0.3 is 19.8 Å². The van der Waals surface area contributed by atoms with Crippen molar-refractivity contribution in [1.29, 1.82) is 0 Å². The monoisotopic (exact) mass is 463 g/mol. The van der Waals surface area contributed by atoms with Crippen LogP contribution in [0.5, 0.6) is 5.75 Å². The van der Waals surface area contributed by atoms with E-state index in [0.717, 1.165) is 23.3 Å². The number of rotatable bonds is 9. The molecule has 0 atom stereocenters. The Morgan fingerprint density at radius 1 is 1.06 bits per heavy atom. The van der Waals surface area contributed by atoms with Crippen molar-refractivity contribution in [2.45, 2.75) is 38.2 Å². The molecule has 3 rings (SSSR count). The Morgan fingerprint density at radius 3 is 2.44 bits per heavy atom. The molecule has 0 radical (unpaired) electrons. The number of ether oxygens (including phenoxy) is 1. The van der Waals surface area contributed by atoms with Crippen molar-refractivity contribution in [1.82, 2.24) is 9.21 Å². The second-order valence-electron chi connectivity index (χ2n) is 7.84. The topological polar surface area (TPSA) is 123 Å². The molecule has 1 aromatic carbocycles. The van der Waals surface area contributed by atoms with Crippen LogP contribution in [0.1, 0.15) is 40.9 Å². The van der Waals surface area contributed by atoms with E-state index in [9.17, 15) is 18.0 Å². The van der Waals surface area contributed by atoms with Gasteiger partial charge in [-0.15, -0.1) is 0 Å². The van der Waals surface area contributed by atoms with E-state index in [-0.39, 0.29) is 29.8 Å². The molecule has 1 saturated heterocycles. The van der Waals surface area contributed by atoms with E-state index >= 15 is 0 Å². The van der Waals surface area contributed by atoms with Crippen LogP contribution >= 0.6 is 0 Å². The molecule has 1 aromatic heterocycles. The van der Waals surface area contributed by atoms with Gasteiger partial charge >= 0.3 is 0 Å². The van der Waals surface area contributed by atoms with E-state index in [4.69, 9.17) is 14.9 Å². The molecular formula is C22H29N3O6S. The fraction of sp³-hybridized carbons (Fsp3) is 0.455. The molecule has 174 valence electrons. The summed E-state index contributed by atoms with van der Waals surface area (Å²) >= 11 is 0.